The summed E-state index contributed by atoms with van der Waals surface area (Å²) in [5.74, 6) is -0.257. The molecule has 3 nitrogen and oxygen atoms in total. The summed E-state index contributed by atoms with van der Waals surface area (Å²) < 4.78 is 0. The predicted molar refractivity (Wildman–Crippen MR) is 64.0 cm³/mol. The number of nitrogens with zero attached hydrogens (tertiary/aromatic N) is 1. The van der Waals surface area contributed by atoms with Crippen LogP contribution in [-0.4, -0.2) is 24.2 Å². The van der Waals surface area contributed by atoms with Crippen LogP contribution in [0.2, 0.25) is 0 Å². The van der Waals surface area contributed by atoms with Gasteiger partial charge in [-0.3, -0.25) is 0 Å². The van der Waals surface area contributed by atoms with Crippen LogP contribution < -0.4 is 4.90 Å². The molecule has 1 aromatic heterocycles. The molecule has 0 spiro atoms. The molecule has 0 saturated heterocycles. The second-order valence-electron chi connectivity index (χ2n) is 3.88. The van der Waals surface area contributed by atoms with Crippen molar-refractivity contribution in [1.82, 2.24) is 0 Å². The van der Waals surface area contributed by atoms with Gasteiger partial charge in [-0.15, -0.1) is 11.3 Å². The lowest BCUT2D eigenvalue weighted by atomic mass is 10.2. The summed E-state index contributed by atoms with van der Waals surface area (Å²) in [6.45, 7) is 8.29. The molecule has 0 fully saturated rings. The zero-order valence-corrected chi connectivity index (χ0v) is 10.2. The number of thiophene rings is 1. The number of carboxylic acid groups (broad SMARTS) is 1. The van der Waals surface area contributed by atoms with Crippen LogP contribution in [0.1, 0.15) is 30.4 Å². The molecule has 0 atom stereocenters. The third kappa shape index (κ3) is 3.23. The Morgan fingerprint density at radius 3 is 2.60 bits per heavy atom. The molecule has 1 rings (SSSR count). The number of anilines is 1. The van der Waals surface area contributed by atoms with E-state index >= 15 is 0 Å². The van der Waals surface area contributed by atoms with Crippen LogP contribution in [0, 0.1) is 5.92 Å². The fraction of sp³-hybridized carbons (Fsp3) is 0.545. The van der Waals surface area contributed by atoms with Gasteiger partial charge in [0.05, 0.1) is 5.00 Å². The van der Waals surface area contributed by atoms with Crippen LogP contribution in [0.15, 0.2) is 12.1 Å². The van der Waals surface area contributed by atoms with Gasteiger partial charge in [-0.05, 0) is 25.0 Å². The molecule has 1 heterocycles. The molecular weight excluding hydrogens is 210 g/mol. The van der Waals surface area contributed by atoms with Crippen molar-refractivity contribution < 1.29 is 9.90 Å². The second-order valence-corrected chi connectivity index (χ2v) is 4.94. The van der Waals surface area contributed by atoms with Crippen molar-refractivity contribution in [3.63, 3.8) is 0 Å². The summed E-state index contributed by atoms with van der Waals surface area (Å²) in [6.07, 6.45) is 0. The van der Waals surface area contributed by atoms with Gasteiger partial charge in [0.1, 0.15) is 4.88 Å². The molecule has 1 aromatic rings. The van der Waals surface area contributed by atoms with Crippen molar-refractivity contribution in [3.05, 3.63) is 17.0 Å². The van der Waals surface area contributed by atoms with Gasteiger partial charge in [-0.25, -0.2) is 4.79 Å². The van der Waals surface area contributed by atoms with E-state index in [2.05, 4.69) is 25.7 Å². The molecule has 1 N–H and O–H groups in total. The average Bonchev–Trinajstić information content (AvgIpc) is 2.62. The Bertz CT molecular complexity index is 333. The van der Waals surface area contributed by atoms with Crippen molar-refractivity contribution in [1.29, 1.82) is 0 Å². The van der Waals surface area contributed by atoms with Crippen LogP contribution in [-0.2, 0) is 0 Å². The molecule has 0 saturated carbocycles. The highest BCUT2D eigenvalue weighted by Gasteiger charge is 2.12. The summed E-state index contributed by atoms with van der Waals surface area (Å²) in [5.41, 5.74) is 0. The molecule has 0 radical (unpaired) electrons. The first-order valence-electron chi connectivity index (χ1n) is 5.12. The minimum absolute atomic E-state index is 0.409. The van der Waals surface area contributed by atoms with E-state index in [1.807, 2.05) is 6.07 Å². The predicted octanol–water partition coefficient (Wildman–Crippen LogP) is 2.93. The Labute approximate surface area is 94.3 Å². The highest BCUT2D eigenvalue weighted by Crippen LogP contribution is 2.26. The van der Waals surface area contributed by atoms with Gasteiger partial charge in [-0.2, -0.15) is 0 Å². The lowest BCUT2D eigenvalue weighted by molar-refractivity contribution is 0.0702. The molecule has 0 aromatic carbocycles. The zero-order valence-electron chi connectivity index (χ0n) is 9.36. The topological polar surface area (TPSA) is 40.5 Å². The van der Waals surface area contributed by atoms with Crippen molar-refractivity contribution in [2.24, 2.45) is 5.92 Å². The first kappa shape index (κ1) is 12.0. The van der Waals surface area contributed by atoms with Crippen molar-refractivity contribution in [3.8, 4) is 0 Å². The number of rotatable bonds is 5. The van der Waals surface area contributed by atoms with Crippen molar-refractivity contribution in [2.75, 3.05) is 18.0 Å². The lowest BCUT2D eigenvalue weighted by Crippen LogP contribution is -2.26. The smallest absolute Gasteiger partial charge is 0.345 e. The molecule has 4 heteroatoms. The number of aromatic carboxylic acids is 1. The third-order valence-electron chi connectivity index (χ3n) is 2.08. The maximum Gasteiger partial charge on any atom is 0.345 e. The summed E-state index contributed by atoms with van der Waals surface area (Å²) >= 11 is 1.34. The van der Waals surface area contributed by atoms with Crippen LogP contribution >= 0.6 is 11.3 Å². The Hall–Kier alpha value is -1.03. The van der Waals surface area contributed by atoms with Crippen LogP contribution in [0.5, 0.6) is 0 Å². The van der Waals surface area contributed by atoms with E-state index in [4.69, 9.17) is 5.11 Å². The van der Waals surface area contributed by atoms with Crippen molar-refractivity contribution >= 4 is 22.3 Å². The summed E-state index contributed by atoms with van der Waals surface area (Å²) in [5, 5.41) is 9.87. The van der Waals surface area contributed by atoms with E-state index in [1.165, 1.54) is 11.3 Å². The summed E-state index contributed by atoms with van der Waals surface area (Å²) in [4.78, 5) is 13.4. The Morgan fingerprint density at radius 2 is 2.20 bits per heavy atom. The maximum absolute atomic E-state index is 10.7. The summed E-state index contributed by atoms with van der Waals surface area (Å²) in [6, 6.07) is 3.56. The van der Waals surface area contributed by atoms with E-state index < -0.39 is 5.97 Å². The standard InChI is InChI=1S/C11H17NO2S/c1-4-12(7-8(2)3)10-6-5-9(15-10)11(13)14/h5-6,8H,4,7H2,1-3H3,(H,13,14). The zero-order chi connectivity index (χ0) is 11.4. The molecule has 15 heavy (non-hydrogen) atoms. The molecule has 84 valence electrons. The van der Waals surface area contributed by atoms with Gasteiger partial charge in [0.25, 0.3) is 0 Å². The Balaban J connectivity index is 2.78. The Morgan fingerprint density at radius 1 is 1.53 bits per heavy atom. The highest BCUT2D eigenvalue weighted by molar-refractivity contribution is 7.17. The number of hydrogen-bond donors (Lipinski definition) is 1. The van der Waals surface area contributed by atoms with E-state index in [0.29, 0.717) is 10.8 Å². The van der Waals surface area contributed by atoms with E-state index in [-0.39, 0.29) is 0 Å². The number of hydrogen-bond acceptors (Lipinski definition) is 3. The normalized spacial score (nSPS) is 10.7. The van der Waals surface area contributed by atoms with E-state index in [0.717, 1.165) is 18.1 Å². The van der Waals surface area contributed by atoms with Gasteiger partial charge < -0.3 is 10.0 Å². The quantitative estimate of drug-likeness (QED) is 0.840. The van der Waals surface area contributed by atoms with E-state index in [1.54, 1.807) is 6.07 Å². The van der Waals surface area contributed by atoms with Crippen molar-refractivity contribution in [2.45, 2.75) is 20.8 Å². The number of carbonyl (C=O) groups is 1. The minimum atomic E-state index is -0.841. The molecule has 0 unspecified atom stereocenters. The minimum Gasteiger partial charge on any atom is -0.477 e. The Kier molecular flexibility index (Phi) is 4.15. The van der Waals surface area contributed by atoms with Crippen LogP contribution in [0.4, 0.5) is 5.00 Å². The first-order valence-corrected chi connectivity index (χ1v) is 5.94. The summed E-state index contributed by atoms with van der Waals surface area (Å²) in [7, 11) is 0. The number of carboxylic acids is 1. The molecule has 0 aliphatic rings. The molecule has 0 aliphatic carbocycles. The van der Waals surface area contributed by atoms with Gasteiger partial charge in [0, 0.05) is 13.1 Å². The first-order chi connectivity index (χ1) is 7.04. The average molecular weight is 227 g/mol. The lowest BCUT2D eigenvalue weighted by Gasteiger charge is -2.22. The van der Waals surface area contributed by atoms with Gasteiger partial charge in [0.15, 0.2) is 0 Å². The maximum atomic E-state index is 10.7. The largest absolute Gasteiger partial charge is 0.477 e. The monoisotopic (exact) mass is 227 g/mol. The molecular formula is C11H17NO2S. The van der Waals surface area contributed by atoms with E-state index in [9.17, 15) is 4.79 Å². The van der Waals surface area contributed by atoms with Gasteiger partial charge in [-0.1, -0.05) is 13.8 Å². The van der Waals surface area contributed by atoms with Crippen LogP contribution in [0.3, 0.4) is 0 Å². The fourth-order valence-electron chi connectivity index (χ4n) is 1.43. The fourth-order valence-corrected chi connectivity index (χ4v) is 2.35. The third-order valence-corrected chi connectivity index (χ3v) is 3.22. The molecule has 0 bridgehead atoms. The highest BCUT2D eigenvalue weighted by atomic mass is 32.1. The molecule has 0 aliphatic heterocycles. The molecule has 0 amide bonds. The van der Waals surface area contributed by atoms with Gasteiger partial charge >= 0.3 is 5.97 Å². The second kappa shape index (κ2) is 5.16. The van der Waals surface area contributed by atoms with Gasteiger partial charge in [0.2, 0.25) is 0 Å². The van der Waals surface area contributed by atoms with Crippen LogP contribution in [0.25, 0.3) is 0 Å². The SMILES string of the molecule is CCN(CC(C)C)c1ccc(C(=O)O)s1.